The summed E-state index contributed by atoms with van der Waals surface area (Å²) in [5, 5.41) is 3.58. The molecule has 1 saturated carbocycles. The first-order valence-electron chi connectivity index (χ1n) is 14.1. The minimum Gasteiger partial charge on any atom is -0.352 e. The van der Waals surface area contributed by atoms with Gasteiger partial charge in [-0.2, -0.15) is 0 Å². The van der Waals surface area contributed by atoms with Crippen molar-refractivity contribution in [2.45, 2.75) is 76.4 Å². The molecule has 3 aromatic rings. The minimum absolute atomic E-state index is 0.0595. The number of hydrogen-bond acceptors (Lipinski definition) is 4. The van der Waals surface area contributed by atoms with Crippen LogP contribution in [0.15, 0.2) is 77.7 Å². The first-order chi connectivity index (χ1) is 19.6. The van der Waals surface area contributed by atoms with Crippen molar-refractivity contribution in [2.75, 3.05) is 10.8 Å². The molecule has 218 valence electrons. The number of hydrogen-bond donors (Lipinski definition) is 1. The molecule has 0 radical (unpaired) electrons. The van der Waals surface area contributed by atoms with Gasteiger partial charge in [-0.15, -0.1) is 0 Å². The third kappa shape index (κ3) is 7.49. The molecular weight excluding hydrogens is 558 g/mol. The van der Waals surface area contributed by atoms with E-state index >= 15 is 0 Å². The lowest BCUT2D eigenvalue weighted by atomic mass is 9.95. The number of amides is 2. The number of nitrogens with zero attached hydrogens (tertiary/aromatic N) is 2. The maximum Gasteiger partial charge on any atom is 0.264 e. The van der Waals surface area contributed by atoms with Crippen molar-refractivity contribution in [1.82, 2.24) is 10.2 Å². The van der Waals surface area contributed by atoms with E-state index in [4.69, 9.17) is 11.6 Å². The Morgan fingerprint density at radius 2 is 1.56 bits per heavy atom. The third-order valence-electron chi connectivity index (χ3n) is 7.69. The van der Waals surface area contributed by atoms with E-state index in [2.05, 4.69) is 5.32 Å². The van der Waals surface area contributed by atoms with E-state index in [1.807, 2.05) is 19.1 Å². The van der Waals surface area contributed by atoms with Gasteiger partial charge in [-0.25, -0.2) is 8.42 Å². The molecule has 9 heteroatoms. The molecule has 0 saturated heterocycles. The van der Waals surface area contributed by atoms with E-state index in [9.17, 15) is 18.0 Å². The molecule has 4 rings (SSSR count). The van der Waals surface area contributed by atoms with Gasteiger partial charge < -0.3 is 10.2 Å². The first kappa shape index (κ1) is 30.6. The second-order valence-electron chi connectivity index (χ2n) is 10.7. The Kier molecular flexibility index (Phi) is 10.1. The van der Waals surface area contributed by atoms with Gasteiger partial charge in [0.05, 0.1) is 10.6 Å². The summed E-state index contributed by atoms with van der Waals surface area (Å²) < 4.78 is 29.1. The number of para-hydroxylation sites is 1. The van der Waals surface area contributed by atoms with Crippen molar-refractivity contribution in [1.29, 1.82) is 0 Å². The molecule has 1 N–H and O–H groups in total. The highest BCUT2D eigenvalue weighted by atomic mass is 35.5. The lowest BCUT2D eigenvalue weighted by molar-refractivity contribution is -0.139. The molecule has 41 heavy (non-hydrogen) atoms. The SMILES string of the molecule is Cc1ccc(S(=O)(=O)N(CC(=O)N(Cc2ccccc2Cl)[C@H](C)C(=O)NC2CCCCC2)c2ccccc2C)cc1. The Hall–Kier alpha value is -3.36. The monoisotopic (exact) mass is 595 g/mol. The van der Waals surface area contributed by atoms with Crippen molar-refractivity contribution >= 4 is 39.1 Å². The molecule has 0 spiro atoms. The van der Waals surface area contributed by atoms with Gasteiger partial charge in [0, 0.05) is 17.6 Å². The van der Waals surface area contributed by atoms with Gasteiger partial charge in [-0.3, -0.25) is 13.9 Å². The summed E-state index contributed by atoms with van der Waals surface area (Å²) in [5.74, 6) is -0.767. The van der Waals surface area contributed by atoms with Crippen LogP contribution in [-0.4, -0.2) is 43.8 Å². The largest absolute Gasteiger partial charge is 0.352 e. The quantitative estimate of drug-likeness (QED) is 0.311. The highest BCUT2D eigenvalue weighted by Crippen LogP contribution is 2.28. The standard InChI is InChI=1S/C32H38ClN3O4S/c1-23-17-19-28(20-18-23)41(39,40)36(30-16-10-7-11-24(30)2)22-31(37)35(21-26-12-8-9-15-29(26)33)25(3)32(38)34-27-13-5-4-6-14-27/h7-12,15-20,25,27H,4-6,13-14,21-22H2,1-3H3,(H,34,38)/t25-/m1/s1. The highest BCUT2D eigenvalue weighted by molar-refractivity contribution is 7.92. The Morgan fingerprint density at radius 1 is 0.927 bits per heavy atom. The van der Waals surface area contributed by atoms with E-state index in [0.717, 1.165) is 42.0 Å². The van der Waals surface area contributed by atoms with Crippen molar-refractivity contribution in [3.63, 3.8) is 0 Å². The maximum absolute atomic E-state index is 14.1. The molecule has 0 aromatic heterocycles. The number of rotatable bonds is 10. The van der Waals surface area contributed by atoms with E-state index in [1.165, 1.54) is 4.90 Å². The summed E-state index contributed by atoms with van der Waals surface area (Å²) in [6.07, 6.45) is 5.09. The van der Waals surface area contributed by atoms with E-state index < -0.39 is 28.5 Å². The van der Waals surface area contributed by atoms with Crippen LogP contribution in [0.4, 0.5) is 5.69 Å². The zero-order valence-corrected chi connectivity index (χ0v) is 25.4. The van der Waals surface area contributed by atoms with Crippen LogP contribution in [0.1, 0.15) is 55.7 Å². The number of carbonyl (C=O) groups is 2. The van der Waals surface area contributed by atoms with Gasteiger partial charge in [0.15, 0.2) is 0 Å². The topological polar surface area (TPSA) is 86.8 Å². The number of anilines is 1. The van der Waals surface area contributed by atoms with Crippen LogP contribution in [0.2, 0.25) is 5.02 Å². The predicted molar refractivity (Wildman–Crippen MR) is 163 cm³/mol. The summed E-state index contributed by atoms with van der Waals surface area (Å²) in [7, 11) is -4.11. The number of carbonyl (C=O) groups excluding carboxylic acids is 2. The van der Waals surface area contributed by atoms with Crippen LogP contribution < -0.4 is 9.62 Å². The molecule has 0 bridgehead atoms. The molecule has 1 atom stereocenters. The summed E-state index contributed by atoms with van der Waals surface area (Å²) in [5.41, 5.74) is 2.70. The van der Waals surface area contributed by atoms with Crippen LogP contribution >= 0.6 is 11.6 Å². The number of nitrogens with one attached hydrogen (secondary N) is 1. The van der Waals surface area contributed by atoms with Gasteiger partial charge >= 0.3 is 0 Å². The average Bonchev–Trinajstić information content (AvgIpc) is 2.96. The molecule has 0 unspecified atom stereocenters. The fraction of sp³-hybridized carbons (Fsp3) is 0.375. The Morgan fingerprint density at radius 3 is 2.22 bits per heavy atom. The summed E-state index contributed by atoms with van der Waals surface area (Å²) in [4.78, 5) is 29.1. The van der Waals surface area contributed by atoms with E-state index in [0.29, 0.717) is 21.8 Å². The molecule has 1 fully saturated rings. The summed E-state index contributed by atoms with van der Waals surface area (Å²) in [6.45, 7) is 4.95. The van der Waals surface area contributed by atoms with Crippen molar-refractivity contribution in [3.05, 3.63) is 94.5 Å². The highest BCUT2D eigenvalue weighted by Gasteiger charge is 2.34. The number of benzene rings is 3. The normalized spacial score (nSPS) is 14.7. The fourth-order valence-corrected chi connectivity index (χ4v) is 6.83. The summed E-state index contributed by atoms with van der Waals surface area (Å²) >= 11 is 6.46. The second kappa shape index (κ2) is 13.5. The van der Waals surface area contributed by atoms with Crippen molar-refractivity contribution < 1.29 is 18.0 Å². The van der Waals surface area contributed by atoms with Crippen molar-refractivity contribution in [3.8, 4) is 0 Å². The van der Waals surface area contributed by atoms with Crippen LogP contribution in [0.5, 0.6) is 0 Å². The van der Waals surface area contributed by atoms with Gasteiger partial charge in [-0.05, 0) is 69.0 Å². The molecule has 7 nitrogen and oxygen atoms in total. The second-order valence-corrected chi connectivity index (χ2v) is 13.0. The first-order valence-corrected chi connectivity index (χ1v) is 15.9. The van der Waals surface area contributed by atoms with Crippen molar-refractivity contribution in [2.24, 2.45) is 0 Å². The van der Waals surface area contributed by atoms with Crippen LogP contribution in [0.25, 0.3) is 0 Å². The van der Waals surface area contributed by atoms with Gasteiger partial charge in [-0.1, -0.05) is 85.0 Å². The molecule has 3 aromatic carbocycles. The number of halogens is 1. The maximum atomic E-state index is 14.1. The lowest BCUT2D eigenvalue weighted by Crippen LogP contribution is -2.53. The molecule has 1 aliphatic rings. The number of aryl methyl sites for hydroxylation is 2. The Bertz CT molecular complexity index is 1470. The van der Waals surface area contributed by atoms with Crippen LogP contribution in [-0.2, 0) is 26.2 Å². The van der Waals surface area contributed by atoms with E-state index in [-0.39, 0.29) is 23.4 Å². The Labute approximate surface area is 248 Å². The zero-order valence-electron chi connectivity index (χ0n) is 23.8. The minimum atomic E-state index is -4.11. The molecular formula is C32H38ClN3O4S. The smallest absolute Gasteiger partial charge is 0.264 e. The van der Waals surface area contributed by atoms with Gasteiger partial charge in [0.25, 0.3) is 10.0 Å². The zero-order chi connectivity index (χ0) is 29.6. The molecule has 2 amide bonds. The molecule has 0 heterocycles. The van der Waals surface area contributed by atoms with Crippen LogP contribution in [0, 0.1) is 13.8 Å². The predicted octanol–water partition coefficient (Wildman–Crippen LogP) is 6.02. The molecule has 1 aliphatic carbocycles. The fourth-order valence-electron chi connectivity index (χ4n) is 5.16. The Balaban J connectivity index is 1.69. The number of sulfonamides is 1. The van der Waals surface area contributed by atoms with Gasteiger partial charge in [0.1, 0.15) is 12.6 Å². The van der Waals surface area contributed by atoms with E-state index in [1.54, 1.807) is 74.5 Å². The average molecular weight is 596 g/mol. The van der Waals surface area contributed by atoms with Gasteiger partial charge in [0.2, 0.25) is 11.8 Å². The molecule has 0 aliphatic heterocycles. The van der Waals surface area contributed by atoms with Crippen LogP contribution in [0.3, 0.4) is 0 Å². The summed E-state index contributed by atoms with van der Waals surface area (Å²) in [6, 6.07) is 20.0. The third-order valence-corrected chi connectivity index (χ3v) is 9.83. The lowest BCUT2D eigenvalue weighted by Gasteiger charge is -2.33.